The summed E-state index contributed by atoms with van der Waals surface area (Å²) in [5.74, 6) is -0.518. The average Bonchev–Trinajstić information content (AvgIpc) is 2.91. The molecule has 5 nitrogen and oxygen atoms in total. The minimum Gasteiger partial charge on any atom is -0.350 e. The lowest BCUT2D eigenvalue weighted by atomic mass is 10.2. The van der Waals surface area contributed by atoms with E-state index in [2.05, 4.69) is 26.6 Å². The number of carbonyl (C=O) groups excluding carboxylic acids is 2. The number of benzene rings is 2. The molecule has 2 aromatic carbocycles. The van der Waals surface area contributed by atoms with Crippen LogP contribution in [-0.4, -0.2) is 22.4 Å². The van der Waals surface area contributed by atoms with Crippen LogP contribution >= 0.6 is 15.9 Å². The van der Waals surface area contributed by atoms with Crippen molar-refractivity contribution in [2.45, 2.75) is 19.5 Å². The summed E-state index contributed by atoms with van der Waals surface area (Å²) in [5.41, 5.74) is 2.45. The first-order chi connectivity index (χ1) is 12.5. The smallest absolute Gasteiger partial charge is 0.269 e. The van der Waals surface area contributed by atoms with E-state index in [0.29, 0.717) is 12.2 Å². The molecule has 3 aromatic rings. The molecule has 1 aromatic heterocycles. The number of amides is 2. The molecule has 1 unspecified atom stereocenters. The summed E-state index contributed by atoms with van der Waals surface area (Å²) in [6.07, 6.45) is 0. The van der Waals surface area contributed by atoms with Crippen LogP contribution in [0.5, 0.6) is 0 Å². The molecule has 26 heavy (non-hydrogen) atoms. The van der Waals surface area contributed by atoms with Gasteiger partial charge in [-0.25, -0.2) is 0 Å². The predicted molar refractivity (Wildman–Crippen MR) is 106 cm³/mol. The molecule has 1 heterocycles. The van der Waals surface area contributed by atoms with Gasteiger partial charge in [0, 0.05) is 24.5 Å². The molecule has 3 rings (SSSR count). The number of para-hydroxylation sites is 1. The molecule has 2 N–H and O–H groups in total. The lowest BCUT2D eigenvalue weighted by Gasteiger charge is -2.15. The second-order valence-electron chi connectivity index (χ2n) is 6.14. The lowest BCUT2D eigenvalue weighted by molar-refractivity contribution is -0.122. The van der Waals surface area contributed by atoms with Crippen LogP contribution in [-0.2, 0) is 18.4 Å². The van der Waals surface area contributed by atoms with Gasteiger partial charge in [-0.2, -0.15) is 0 Å². The molecule has 0 aliphatic rings. The van der Waals surface area contributed by atoms with Crippen molar-refractivity contribution in [2.24, 2.45) is 7.05 Å². The number of fused-ring (bicyclic) bond motifs is 1. The van der Waals surface area contributed by atoms with Crippen molar-refractivity contribution in [1.29, 1.82) is 0 Å². The number of aryl methyl sites for hydroxylation is 1. The maximum absolute atomic E-state index is 12.7. The van der Waals surface area contributed by atoms with Gasteiger partial charge in [0.05, 0.1) is 4.47 Å². The highest BCUT2D eigenvalue weighted by atomic mass is 79.9. The van der Waals surface area contributed by atoms with E-state index in [9.17, 15) is 9.59 Å². The summed E-state index contributed by atoms with van der Waals surface area (Å²) in [5, 5.41) is 6.57. The van der Waals surface area contributed by atoms with Crippen LogP contribution in [0.15, 0.2) is 59.1 Å². The monoisotopic (exact) mass is 413 g/mol. The number of rotatable bonds is 5. The molecule has 0 saturated carbocycles. The Bertz CT molecular complexity index is 911. The molecule has 2 amide bonds. The Balaban J connectivity index is 1.68. The molecule has 0 saturated heterocycles. The van der Waals surface area contributed by atoms with Crippen molar-refractivity contribution >= 4 is 38.6 Å². The van der Waals surface area contributed by atoms with Gasteiger partial charge in [0.15, 0.2) is 0 Å². The fourth-order valence-corrected chi connectivity index (χ4v) is 3.65. The molecular weight excluding hydrogens is 394 g/mol. The number of aromatic nitrogens is 1. The van der Waals surface area contributed by atoms with Crippen LogP contribution in [0, 0.1) is 0 Å². The van der Waals surface area contributed by atoms with E-state index >= 15 is 0 Å². The van der Waals surface area contributed by atoms with E-state index in [1.165, 1.54) is 0 Å². The third-order valence-corrected chi connectivity index (χ3v) is 5.11. The van der Waals surface area contributed by atoms with E-state index in [0.717, 1.165) is 20.9 Å². The summed E-state index contributed by atoms with van der Waals surface area (Å²) < 4.78 is 2.55. The number of nitrogens with one attached hydrogen (secondary N) is 2. The summed E-state index contributed by atoms with van der Waals surface area (Å²) in [7, 11) is 1.84. The van der Waals surface area contributed by atoms with Crippen molar-refractivity contribution in [1.82, 2.24) is 15.2 Å². The third kappa shape index (κ3) is 3.65. The standard InChI is InChI=1S/C20H20BrN3O2/c1-13(19(25)22-12-14-8-4-3-5-9-14)23-20(26)18-17(21)15-10-6-7-11-16(15)24(18)2/h3-11,13H,12H2,1-2H3,(H,22,25)(H,23,26). The van der Waals surface area contributed by atoms with E-state index < -0.39 is 6.04 Å². The minimum atomic E-state index is -0.642. The zero-order valence-corrected chi connectivity index (χ0v) is 16.2. The molecule has 0 bridgehead atoms. The number of carbonyl (C=O) groups is 2. The van der Waals surface area contributed by atoms with Crippen LogP contribution in [0.25, 0.3) is 10.9 Å². The van der Waals surface area contributed by atoms with E-state index in [4.69, 9.17) is 0 Å². The van der Waals surface area contributed by atoms with Gasteiger partial charge < -0.3 is 15.2 Å². The summed E-state index contributed by atoms with van der Waals surface area (Å²) in [6, 6.07) is 16.8. The van der Waals surface area contributed by atoms with Crippen molar-refractivity contribution in [3.05, 3.63) is 70.3 Å². The van der Waals surface area contributed by atoms with Crippen LogP contribution in [0.1, 0.15) is 23.0 Å². The normalized spacial score (nSPS) is 12.0. The van der Waals surface area contributed by atoms with Crippen molar-refractivity contribution in [3.8, 4) is 0 Å². The Morgan fingerprint density at radius 2 is 1.73 bits per heavy atom. The molecule has 6 heteroatoms. The van der Waals surface area contributed by atoms with E-state index in [1.807, 2.05) is 66.2 Å². The second-order valence-corrected chi connectivity index (χ2v) is 6.93. The molecule has 0 aliphatic carbocycles. The van der Waals surface area contributed by atoms with E-state index in [-0.39, 0.29) is 11.8 Å². The average molecular weight is 414 g/mol. The Kier molecular flexibility index (Phi) is 5.42. The predicted octanol–water partition coefficient (Wildman–Crippen LogP) is 3.38. The highest BCUT2D eigenvalue weighted by Gasteiger charge is 2.22. The molecule has 0 fully saturated rings. The SMILES string of the molecule is CC(NC(=O)c1c(Br)c2ccccc2n1C)C(=O)NCc1ccccc1. The number of halogens is 1. The third-order valence-electron chi connectivity index (χ3n) is 4.31. The molecule has 0 aliphatic heterocycles. The summed E-state index contributed by atoms with van der Waals surface area (Å²) in [4.78, 5) is 25.0. The van der Waals surface area contributed by atoms with Crippen LogP contribution in [0.3, 0.4) is 0 Å². The maximum Gasteiger partial charge on any atom is 0.269 e. The Morgan fingerprint density at radius 1 is 1.08 bits per heavy atom. The van der Waals surface area contributed by atoms with Gasteiger partial charge >= 0.3 is 0 Å². The highest BCUT2D eigenvalue weighted by molar-refractivity contribution is 9.10. The quantitative estimate of drug-likeness (QED) is 0.673. The summed E-state index contributed by atoms with van der Waals surface area (Å²) >= 11 is 3.51. The van der Waals surface area contributed by atoms with Crippen LogP contribution in [0.2, 0.25) is 0 Å². The lowest BCUT2D eigenvalue weighted by Crippen LogP contribution is -2.45. The second kappa shape index (κ2) is 7.74. The minimum absolute atomic E-state index is 0.225. The van der Waals surface area contributed by atoms with Crippen molar-refractivity contribution in [3.63, 3.8) is 0 Å². The number of nitrogens with zero attached hydrogens (tertiary/aromatic N) is 1. The van der Waals surface area contributed by atoms with Gasteiger partial charge in [0.25, 0.3) is 5.91 Å². The topological polar surface area (TPSA) is 63.1 Å². The molecule has 134 valence electrons. The van der Waals surface area contributed by atoms with Crippen LogP contribution in [0.4, 0.5) is 0 Å². The first kappa shape index (κ1) is 18.2. The fourth-order valence-electron chi connectivity index (χ4n) is 2.87. The number of hydrogen-bond acceptors (Lipinski definition) is 2. The Labute approximate surface area is 160 Å². The van der Waals surface area contributed by atoms with Gasteiger partial charge in [-0.15, -0.1) is 0 Å². The van der Waals surface area contributed by atoms with Crippen LogP contribution < -0.4 is 10.6 Å². The summed E-state index contributed by atoms with van der Waals surface area (Å²) in [6.45, 7) is 2.10. The van der Waals surface area contributed by atoms with Gasteiger partial charge in [0.1, 0.15) is 11.7 Å². The number of hydrogen-bond donors (Lipinski definition) is 2. The zero-order chi connectivity index (χ0) is 18.7. The highest BCUT2D eigenvalue weighted by Crippen LogP contribution is 2.30. The molecule has 0 spiro atoms. The molecule has 1 atom stereocenters. The molecule has 0 radical (unpaired) electrons. The largest absolute Gasteiger partial charge is 0.350 e. The maximum atomic E-state index is 12.7. The first-order valence-corrected chi connectivity index (χ1v) is 9.13. The van der Waals surface area contributed by atoms with Gasteiger partial charge in [0.2, 0.25) is 5.91 Å². The molecular formula is C20H20BrN3O2. The Hall–Kier alpha value is -2.60. The van der Waals surface area contributed by atoms with Gasteiger partial charge in [-0.05, 0) is 34.5 Å². The van der Waals surface area contributed by atoms with Crippen molar-refractivity contribution in [2.75, 3.05) is 0 Å². The first-order valence-electron chi connectivity index (χ1n) is 8.34. The van der Waals surface area contributed by atoms with Crippen molar-refractivity contribution < 1.29 is 9.59 Å². The zero-order valence-electron chi connectivity index (χ0n) is 14.6. The van der Waals surface area contributed by atoms with Gasteiger partial charge in [-0.1, -0.05) is 48.5 Å². The fraction of sp³-hybridized carbons (Fsp3) is 0.200. The van der Waals surface area contributed by atoms with Gasteiger partial charge in [-0.3, -0.25) is 9.59 Å². The Morgan fingerprint density at radius 3 is 2.42 bits per heavy atom. The van der Waals surface area contributed by atoms with E-state index in [1.54, 1.807) is 6.92 Å².